The van der Waals surface area contributed by atoms with Crippen LogP contribution in [-0.4, -0.2) is 27.5 Å². The highest BCUT2D eigenvalue weighted by Crippen LogP contribution is 2.22. The van der Waals surface area contributed by atoms with Crippen molar-refractivity contribution in [2.45, 2.75) is 40.2 Å². The molecule has 0 unspecified atom stereocenters. The molecule has 0 atom stereocenters. The summed E-state index contributed by atoms with van der Waals surface area (Å²) in [6, 6.07) is 0. The summed E-state index contributed by atoms with van der Waals surface area (Å²) in [4.78, 5) is 25.3. The molecule has 5 nitrogen and oxygen atoms in total. The van der Waals surface area contributed by atoms with Crippen molar-refractivity contribution in [3.63, 3.8) is 0 Å². The average molecular weight is 237 g/mol. The van der Waals surface area contributed by atoms with Gasteiger partial charge in [-0.05, 0) is 5.41 Å². The van der Waals surface area contributed by atoms with Crippen LogP contribution in [0.2, 0.25) is 0 Å². The number of hydrogen-bond donors (Lipinski definition) is 2. The van der Waals surface area contributed by atoms with Crippen LogP contribution in [0.4, 0.5) is 0 Å². The van der Waals surface area contributed by atoms with Crippen LogP contribution in [0.5, 0.6) is 0 Å². The second-order valence-corrected chi connectivity index (χ2v) is 5.84. The van der Waals surface area contributed by atoms with Crippen molar-refractivity contribution in [3.8, 4) is 0 Å². The van der Waals surface area contributed by atoms with Crippen LogP contribution >= 0.6 is 0 Å². The molecule has 94 valence electrons. The van der Waals surface area contributed by atoms with Gasteiger partial charge in [0.2, 0.25) is 5.91 Å². The Balaban J connectivity index is 2.10. The molecule has 17 heavy (non-hydrogen) atoms. The number of fused-ring (bicyclic) bond motifs is 1. The number of nitrogens with one attached hydrogen (secondary N) is 2. The Kier molecular flexibility index (Phi) is 2.85. The second kappa shape index (κ2) is 4.05. The molecule has 2 N–H and O–H groups in total. The van der Waals surface area contributed by atoms with Gasteiger partial charge in [-0.25, -0.2) is 0 Å². The monoisotopic (exact) mass is 237 g/mol. The van der Waals surface area contributed by atoms with Gasteiger partial charge in [0.1, 0.15) is 0 Å². The summed E-state index contributed by atoms with van der Waals surface area (Å²) in [6.45, 7) is 7.26. The van der Waals surface area contributed by atoms with E-state index in [0.717, 1.165) is 12.1 Å². The maximum absolute atomic E-state index is 12.1. The van der Waals surface area contributed by atoms with Gasteiger partial charge in [0.25, 0.3) is 5.56 Å². The summed E-state index contributed by atoms with van der Waals surface area (Å²) < 4.78 is 0. The maximum Gasteiger partial charge on any atom is 0.269 e. The van der Waals surface area contributed by atoms with E-state index in [2.05, 4.69) is 10.2 Å². The molecule has 5 heteroatoms. The molecule has 1 amide bonds. The number of amides is 1. The van der Waals surface area contributed by atoms with Crippen LogP contribution in [0.3, 0.4) is 0 Å². The van der Waals surface area contributed by atoms with E-state index in [4.69, 9.17) is 0 Å². The number of rotatable bonds is 1. The first-order chi connectivity index (χ1) is 7.87. The number of carbonyl (C=O) groups excluding carboxylic acids is 1. The number of nitrogens with zero attached hydrogens (tertiary/aromatic N) is 1. The predicted octanol–water partition coefficient (Wildman–Crippen LogP) is 1.02. The zero-order valence-electron chi connectivity index (χ0n) is 10.6. The number of H-pyrrole nitrogens is 2. The molecule has 2 heterocycles. The molecule has 0 fully saturated rings. The van der Waals surface area contributed by atoms with E-state index in [0.29, 0.717) is 25.1 Å². The van der Waals surface area contributed by atoms with E-state index in [9.17, 15) is 9.59 Å². The number of carbonyl (C=O) groups is 1. The largest absolute Gasteiger partial charge is 0.338 e. The lowest BCUT2D eigenvalue weighted by molar-refractivity contribution is -0.134. The third-order valence-electron chi connectivity index (χ3n) is 2.98. The second-order valence-electron chi connectivity index (χ2n) is 5.84. The van der Waals surface area contributed by atoms with Crippen LogP contribution in [0.25, 0.3) is 0 Å². The van der Waals surface area contributed by atoms with E-state index in [-0.39, 0.29) is 16.9 Å². The van der Waals surface area contributed by atoms with Gasteiger partial charge in [0.05, 0.1) is 12.1 Å². The normalized spacial score (nSPS) is 15.8. The van der Waals surface area contributed by atoms with E-state index < -0.39 is 0 Å². The van der Waals surface area contributed by atoms with Crippen molar-refractivity contribution < 1.29 is 4.79 Å². The molecule has 0 radical (unpaired) electrons. The van der Waals surface area contributed by atoms with Gasteiger partial charge in [-0.1, -0.05) is 20.8 Å². The van der Waals surface area contributed by atoms with Gasteiger partial charge in [-0.2, -0.15) is 0 Å². The molecule has 0 aliphatic carbocycles. The Labute approximate surface area is 100 Å². The topological polar surface area (TPSA) is 69.0 Å². The highest BCUT2D eigenvalue weighted by Gasteiger charge is 2.26. The first-order valence-electron chi connectivity index (χ1n) is 5.93. The predicted molar refractivity (Wildman–Crippen MR) is 64.6 cm³/mol. The van der Waals surface area contributed by atoms with E-state index >= 15 is 0 Å². The Hall–Kier alpha value is -1.52. The molecule has 0 aromatic carbocycles. The molecule has 2 rings (SSSR count). The van der Waals surface area contributed by atoms with Crippen LogP contribution in [-0.2, 0) is 17.8 Å². The molecular formula is C12H19N3O2. The minimum absolute atomic E-state index is 0.0120. The quantitative estimate of drug-likeness (QED) is 0.765. The van der Waals surface area contributed by atoms with Crippen molar-refractivity contribution in [1.82, 2.24) is 15.1 Å². The first-order valence-corrected chi connectivity index (χ1v) is 5.93. The van der Waals surface area contributed by atoms with Crippen LogP contribution in [0, 0.1) is 5.41 Å². The van der Waals surface area contributed by atoms with E-state index in [1.807, 2.05) is 20.8 Å². The summed E-state index contributed by atoms with van der Waals surface area (Å²) in [5.74, 6) is 0.128. The third kappa shape index (κ3) is 2.60. The molecule has 0 bridgehead atoms. The zero-order valence-corrected chi connectivity index (χ0v) is 10.6. The summed E-state index contributed by atoms with van der Waals surface area (Å²) in [5, 5.41) is 5.43. The van der Waals surface area contributed by atoms with Gasteiger partial charge in [-0.3, -0.25) is 14.7 Å². The Morgan fingerprint density at radius 3 is 2.71 bits per heavy atom. The van der Waals surface area contributed by atoms with E-state index in [1.54, 1.807) is 4.90 Å². The van der Waals surface area contributed by atoms with Gasteiger partial charge in [0, 0.05) is 25.1 Å². The maximum atomic E-state index is 12.1. The molecular weight excluding hydrogens is 218 g/mol. The van der Waals surface area contributed by atoms with Crippen molar-refractivity contribution in [3.05, 3.63) is 21.6 Å². The molecule has 0 saturated heterocycles. The fourth-order valence-electron chi connectivity index (χ4n) is 2.10. The average Bonchev–Trinajstić information content (AvgIpc) is 2.57. The lowest BCUT2D eigenvalue weighted by atomic mass is 9.91. The van der Waals surface area contributed by atoms with Crippen LogP contribution in [0.15, 0.2) is 4.79 Å². The molecule has 0 saturated carbocycles. The molecule has 1 aromatic heterocycles. The van der Waals surface area contributed by atoms with Crippen molar-refractivity contribution in [1.29, 1.82) is 0 Å². The minimum atomic E-state index is -0.103. The van der Waals surface area contributed by atoms with Gasteiger partial charge in [-0.15, -0.1) is 0 Å². The Morgan fingerprint density at radius 1 is 1.35 bits per heavy atom. The number of aromatic amines is 2. The zero-order chi connectivity index (χ0) is 12.6. The highest BCUT2D eigenvalue weighted by atomic mass is 16.2. The van der Waals surface area contributed by atoms with Crippen molar-refractivity contribution in [2.24, 2.45) is 5.41 Å². The Morgan fingerprint density at radius 2 is 2.06 bits per heavy atom. The number of aromatic nitrogens is 2. The van der Waals surface area contributed by atoms with Gasteiger partial charge < -0.3 is 10.00 Å². The van der Waals surface area contributed by atoms with E-state index in [1.165, 1.54) is 0 Å². The van der Waals surface area contributed by atoms with Crippen LogP contribution < -0.4 is 5.56 Å². The van der Waals surface area contributed by atoms with Gasteiger partial charge in [0.15, 0.2) is 0 Å². The molecule has 1 aliphatic rings. The third-order valence-corrected chi connectivity index (χ3v) is 2.98. The standard InChI is InChI=1S/C12H19N3O2/c1-12(2,3)6-10(16)15-5-4-9-8(7-15)11(17)14-13-9/h4-7H2,1-3H3,(H2,13,14,17). The summed E-state index contributed by atoms with van der Waals surface area (Å²) in [5.41, 5.74) is 1.53. The molecule has 0 spiro atoms. The lowest BCUT2D eigenvalue weighted by Gasteiger charge is -2.29. The van der Waals surface area contributed by atoms with Crippen molar-refractivity contribution in [2.75, 3.05) is 6.54 Å². The first kappa shape index (κ1) is 12.0. The smallest absolute Gasteiger partial charge is 0.269 e. The highest BCUT2D eigenvalue weighted by molar-refractivity contribution is 5.77. The lowest BCUT2D eigenvalue weighted by Crippen LogP contribution is -2.38. The number of hydrogen-bond acceptors (Lipinski definition) is 2. The summed E-state index contributed by atoms with van der Waals surface area (Å²) >= 11 is 0. The van der Waals surface area contributed by atoms with Crippen molar-refractivity contribution >= 4 is 5.91 Å². The summed E-state index contributed by atoms with van der Waals surface area (Å²) in [6.07, 6.45) is 1.24. The fraction of sp³-hybridized carbons (Fsp3) is 0.667. The van der Waals surface area contributed by atoms with Gasteiger partial charge >= 0.3 is 0 Å². The fourth-order valence-corrected chi connectivity index (χ4v) is 2.10. The van der Waals surface area contributed by atoms with Crippen LogP contribution in [0.1, 0.15) is 38.4 Å². The minimum Gasteiger partial charge on any atom is -0.338 e. The molecule has 1 aliphatic heterocycles. The SMILES string of the molecule is CC(C)(C)CC(=O)N1CCc2[nH][nH]c(=O)c2C1. The Bertz CT molecular complexity index is 479. The summed E-state index contributed by atoms with van der Waals surface area (Å²) in [7, 11) is 0. The molecule has 1 aromatic rings.